The maximum atomic E-state index is 9.28. The normalized spacial score (nSPS) is 21.2. The Labute approximate surface area is 130 Å². The standard InChI is InChI=1S/C17H23N3O2/c1-12-5-3-4-6-14(12)16-11-17(20(19-16)8-9-21)18-15-7-10-22-13(15)2/h3-6,11,13,15,18,21H,7-10H2,1-2H3/t13-,15-/m0/s1. The van der Waals surface area contributed by atoms with Gasteiger partial charge < -0.3 is 15.2 Å². The summed E-state index contributed by atoms with van der Waals surface area (Å²) in [4.78, 5) is 0. The predicted molar refractivity (Wildman–Crippen MR) is 86.9 cm³/mol. The minimum absolute atomic E-state index is 0.0697. The lowest BCUT2D eigenvalue weighted by Crippen LogP contribution is -2.28. The first-order valence-electron chi connectivity index (χ1n) is 7.82. The van der Waals surface area contributed by atoms with Crippen molar-refractivity contribution >= 4 is 5.82 Å². The molecule has 2 aromatic rings. The Kier molecular flexibility index (Phi) is 4.45. The second-order valence-corrected chi connectivity index (χ2v) is 5.79. The maximum Gasteiger partial charge on any atom is 0.125 e. The number of nitrogens with zero attached hydrogens (tertiary/aromatic N) is 2. The molecule has 1 aromatic carbocycles. The average Bonchev–Trinajstić information content (AvgIpc) is 3.08. The number of aryl methyl sites for hydroxylation is 1. The zero-order valence-electron chi connectivity index (χ0n) is 13.1. The highest BCUT2D eigenvalue weighted by atomic mass is 16.5. The van der Waals surface area contributed by atoms with Gasteiger partial charge in [0.2, 0.25) is 0 Å². The van der Waals surface area contributed by atoms with Gasteiger partial charge in [-0.3, -0.25) is 0 Å². The van der Waals surface area contributed by atoms with Gasteiger partial charge in [0.25, 0.3) is 0 Å². The number of nitrogens with one attached hydrogen (secondary N) is 1. The smallest absolute Gasteiger partial charge is 0.125 e. The molecule has 22 heavy (non-hydrogen) atoms. The van der Waals surface area contributed by atoms with Crippen molar-refractivity contribution in [2.75, 3.05) is 18.5 Å². The highest BCUT2D eigenvalue weighted by Gasteiger charge is 2.25. The summed E-state index contributed by atoms with van der Waals surface area (Å²) >= 11 is 0. The second-order valence-electron chi connectivity index (χ2n) is 5.79. The van der Waals surface area contributed by atoms with Crippen molar-refractivity contribution in [3.05, 3.63) is 35.9 Å². The van der Waals surface area contributed by atoms with Gasteiger partial charge in [0, 0.05) is 18.2 Å². The molecule has 2 N–H and O–H groups in total. The van der Waals surface area contributed by atoms with Crippen LogP contribution < -0.4 is 5.32 Å². The SMILES string of the molecule is Cc1ccccc1-c1cc(N[C@H]2CCO[C@H]2C)n(CCO)n1. The van der Waals surface area contributed by atoms with Gasteiger partial charge in [-0.2, -0.15) is 5.10 Å². The molecule has 3 rings (SSSR count). The summed E-state index contributed by atoms with van der Waals surface area (Å²) in [5.41, 5.74) is 3.25. The number of hydrogen-bond acceptors (Lipinski definition) is 4. The van der Waals surface area contributed by atoms with Crippen molar-refractivity contribution < 1.29 is 9.84 Å². The zero-order chi connectivity index (χ0) is 15.5. The van der Waals surface area contributed by atoms with E-state index in [9.17, 15) is 5.11 Å². The fraction of sp³-hybridized carbons (Fsp3) is 0.471. The fourth-order valence-electron chi connectivity index (χ4n) is 2.90. The first kappa shape index (κ1) is 15.1. The number of rotatable bonds is 5. The molecular formula is C17H23N3O2. The highest BCUT2D eigenvalue weighted by Crippen LogP contribution is 2.26. The quantitative estimate of drug-likeness (QED) is 0.890. The first-order valence-corrected chi connectivity index (χ1v) is 7.82. The van der Waals surface area contributed by atoms with E-state index in [4.69, 9.17) is 4.74 Å². The lowest BCUT2D eigenvalue weighted by atomic mass is 10.1. The molecule has 118 valence electrons. The molecule has 1 aliphatic heterocycles. The van der Waals surface area contributed by atoms with E-state index in [1.165, 1.54) is 5.56 Å². The average molecular weight is 301 g/mol. The van der Waals surface area contributed by atoms with Crippen LogP contribution in [-0.4, -0.2) is 40.2 Å². The molecule has 0 amide bonds. The number of aromatic nitrogens is 2. The summed E-state index contributed by atoms with van der Waals surface area (Å²) in [5, 5.41) is 17.4. The highest BCUT2D eigenvalue weighted by molar-refractivity contribution is 5.66. The van der Waals surface area contributed by atoms with Crippen molar-refractivity contribution in [1.82, 2.24) is 9.78 Å². The minimum atomic E-state index is 0.0697. The monoisotopic (exact) mass is 301 g/mol. The van der Waals surface area contributed by atoms with Gasteiger partial charge >= 0.3 is 0 Å². The molecule has 1 saturated heterocycles. The van der Waals surface area contributed by atoms with Gasteiger partial charge in [-0.15, -0.1) is 0 Å². The van der Waals surface area contributed by atoms with Crippen LogP contribution in [0.15, 0.2) is 30.3 Å². The molecule has 2 atom stereocenters. The first-order chi connectivity index (χ1) is 10.7. The van der Waals surface area contributed by atoms with Crippen LogP contribution in [0.4, 0.5) is 5.82 Å². The molecule has 0 saturated carbocycles. The summed E-state index contributed by atoms with van der Waals surface area (Å²) in [7, 11) is 0. The molecule has 2 heterocycles. The summed E-state index contributed by atoms with van der Waals surface area (Å²) < 4.78 is 7.45. The van der Waals surface area contributed by atoms with Crippen LogP contribution in [0.2, 0.25) is 0 Å². The molecule has 0 aliphatic carbocycles. The molecule has 0 unspecified atom stereocenters. The summed E-state index contributed by atoms with van der Waals surface area (Å²) in [6.07, 6.45) is 1.19. The number of hydrogen-bond donors (Lipinski definition) is 2. The summed E-state index contributed by atoms with van der Waals surface area (Å²) in [5.74, 6) is 0.939. The van der Waals surface area contributed by atoms with Gasteiger partial charge in [-0.05, 0) is 25.8 Å². The van der Waals surface area contributed by atoms with Crippen LogP contribution in [0, 0.1) is 6.92 Å². The molecule has 0 spiro atoms. The van der Waals surface area contributed by atoms with Crippen molar-refractivity contribution in [3.63, 3.8) is 0 Å². The van der Waals surface area contributed by atoms with Gasteiger partial charge in [0.1, 0.15) is 5.82 Å². The molecular weight excluding hydrogens is 278 g/mol. The van der Waals surface area contributed by atoms with Gasteiger partial charge in [-0.25, -0.2) is 4.68 Å². The van der Waals surface area contributed by atoms with Crippen LogP contribution in [0.5, 0.6) is 0 Å². The Hall–Kier alpha value is -1.85. The van der Waals surface area contributed by atoms with Crippen LogP contribution in [0.25, 0.3) is 11.3 Å². The van der Waals surface area contributed by atoms with E-state index >= 15 is 0 Å². The Morgan fingerprint density at radius 3 is 2.91 bits per heavy atom. The third-order valence-corrected chi connectivity index (χ3v) is 4.22. The number of aliphatic hydroxyl groups excluding tert-OH is 1. The van der Waals surface area contributed by atoms with Crippen molar-refractivity contribution in [1.29, 1.82) is 0 Å². The predicted octanol–water partition coefficient (Wildman–Crippen LogP) is 2.44. The third-order valence-electron chi connectivity index (χ3n) is 4.22. The Morgan fingerprint density at radius 2 is 2.23 bits per heavy atom. The Bertz CT molecular complexity index is 639. The van der Waals surface area contributed by atoms with E-state index in [0.29, 0.717) is 12.6 Å². The summed E-state index contributed by atoms with van der Waals surface area (Å²) in [6, 6.07) is 10.6. The van der Waals surface area contributed by atoms with Gasteiger partial charge in [0.15, 0.2) is 0 Å². The maximum absolute atomic E-state index is 9.28. The topological polar surface area (TPSA) is 59.3 Å². The van der Waals surface area contributed by atoms with E-state index in [1.54, 1.807) is 0 Å². The molecule has 5 heteroatoms. The van der Waals surface area contributed by atoms with Crippen LogP contribution >= 0.6 is 0 Å². The molecule has 0 bridgehead atoms. The number of ether oxygens (including phenoxy) is 1. The molecule has 1 aliphatic rings. The van der Waals surface area contributed by atoms with E-state index in [0.717, 1.165) is 30.1 Å². The Morgan fingerprint density at radius 1 is 1.41 bits per heavy atom. The van der Waals surface area contributed by atoms with Crippen LogP contribution in [0.3, 0.4) is 0 Å². The van der Waals surface area contributed by atoms with E-state index in [1.807, 2.05) is 16.8 Å². The number of benzene rings is 1. The number of anilines is 1. The van der Waals surface area contributed by atoms with Crippen LogP contribution in [0.1, 0.15) is 18.9 Å². The van der Waals surface area contributed by atoms with E-state index in [-0.39, 0.29) is 12.7 Å². The summed E-state index contributed by atoms with van der Waals surface area (Å²) in [6.45, 7) is 5.51. The van der Waals surface area contributed by atoms with Crippen molar-refractivity contribution in [3.8, 4) is 11.3 Å². The van der Waals surface area contributed by atoms with Crippen molar-refractivity contribution in [2.45, 2.75) is 39.0 Å². The van der Waals surface area contributed by atoms with Gasteiger partial charge in [0.05, 0.1) is 31.0 Å². The van der Waals surface area contributed by atoms with E-state index in [2.05, 4.69) is 42.5 Å². The van der Waals surface area contributed by atoms with Crippen LogP contribution in [-0.2, 0) is 11.3 Å². The lowest BCUT2D eigenvalue weighted by Gasteiger charge is -2.17. The van der Waals surface area contributed by atoms with Crippen molar-refractivity contribution in [2.24, 2.45) is 0 Å². The largest absolute Gasteiger partial charge is 0.394 e. The third kappa shape index (κ3) is 3.00. The molecule has 5 nitrogen and oxygen atoms in total. The molecule has 1 fully saturated rings. The zero-order valence-corrected chi connectivity index (χ0v) is 13.1. The molecule has 1 aromatic heterocycles. The Balaban J connectivity index is 1.90. The number of aliphatic hydroxyl groups is 1. The molecule has 0 radical (unpaired) electrons. The van der Waals surface area contributed by atoms with E-state index < -0.39 is 0 Å². The van der Waals surface area contributed by atoms with Gasteiger partial charge in [-0.1, -0.05) is 24.3 Å². The second kappa shape index (κ2) is 6.50. The minimum Gasteiger partial charge on any atom is -0.394 e. The lowest BCUT2D eigenvalue weighted by molar-refractivity contribution is 0.121. The fourth-order valence-corrected chi connectivity index (χ4v) is 2.90.